The number of rotatable bonds is 7. The molecule has 0 unspecified atom stereocenters. The van der Waals surface area contributed by atoms with Crippen LogP contribution in [0.3, 0.4) is 0 Å². The van der Waals surface area contributed by atoms with Gasteiger partial charge in [-0.25, -0.2) is 9.97 Å². The second-order valence-electron chi connectivity index (χ2n) is 5.39. The van der Waals surface area contributed by atoms with Crippen molar-refractivity contribution in [1.29, 1.82) is 0 Å². The summed E-state index contributed by atoms with van der Waals surface area (Å²) in [5.74, 6) is 1.13. The minimum atomic E-state index is -0.0893. The number of anilines is 1. The Bertz CT molecular complexity index is 727. The zero-order valence-corrected chi connectivity index (χ0v) is 15.6. The van der Waals surface area contributed by atoms with E-state index in [1.54, 1.807) is 24.5 Å². The average Bonchev–Trinajstić information content (AvgIpc) is 3.06. The van der Waals surface area contributed by atoms with E-state index in [9.17, 15) is 4.79 Å². The summed E-state index contributed by atoms with van der Waals surface area (Å²) in [6.07, 6.45) is 3.23. The second-order valence-corrected chi connectivity index (χ2v) is 6.59. The molecule has 0 atom stereocenters. The highest BCUT2D eigenvalue weighted by atomic mass is 32.1. The molecule has 7 nitrogen and oxygen atoms in total. The molecule has 0 radical (unpaired) electrons. The van der Waals surface area contributed by atoms with Crippen molar-refractivity contribution in [3.8, 4) is 0 Å². The molecule has 0 aliphatic heterocycles. The highest BCUT2D eigenvalue weighted by Gasteiger charge is 2.06. The molecule has 2 aromatic heterocycles. The van der Waals surface area contributed by atoms with Crippen LogP contribution in [0.25, 0.3) is 0 Å². The van der Waals surface area contributed by atoms with Crippen molar-refractivity contribution >= 4 is 29.0 Å². The molecule has 0 aliphatic rings. The minimum Gasteiger partial charge on any atom is -0.356 e. The van der Waals surface area contributed by atoms with Gasteiger partial charge in [0.05, 0.1) is 6.54 Å². The highest BCUT2D eigenvalue weighted by Crippen LogP contribution is 2.12. The molecule has 2 aromatic rings. The molecule has 2 rings (SSSR count). The van der Waals surface area contributed by atoms with Gasteiger partial charge < -0.3 is 16.0 Å². The largest absolute Gasteiger partial charge is 0.356 e. The number of pyridine rings is 1. The van der Waals surface area contributed by atoms with Crippen LogP contribution in [0.15, 0.2) is 29.4 Å². The van der Waals surface area contributed by atoms with E-state index in [0.717, 1.165) is 17.1 Å². The van der Waals surface area contributed by atoms with Gasteiger partial charge in [0.15, 0.2) is 5.96 Å². The number of nitrogens with one attached hydrogen (secondary N) is 3. The molecule has 0 aliphatic carbocycles. The minimum absolute atomic E-state index is 0.0893. The number of nitrogens with zero attached hydrogens (tertiary/aromatic N) is 3. The zero-order valence-electron chi connectivity index (χ0n) is 14.8. The Labute approximate surface area is 152 Å². The Morgan fingerprint density at radius 1 is 1.32 bits per heavy atom. The van der Waals surface area contributed by atoms with Crippen molar-refractivity contribution in [1.82, 2.24) is 20.6 Å². The fourth-order valence-corrected chi connectivity index (χ4v) is 2.89. The van der Waals surface area contributed by atoms with Gasteiger partial charge in [0.1, 0.15) is 10.8 Å². The van der Waals surface area contributed by atoms with Crippen LogP contribution < -0.4 is 16.0 Å². The van der Waals surface area contributed by atoms with Crippen LogP contribution in [0.5, 0.6) is 0 Å². The Kier molecular flexibility index (Phi) is 7.34. The Morgan fingerprint density at radius 2 is 2.16 bits per heavy atom. The monoisotopic (exact) mass is 360 g/mol. The van der Waals surface area contributed by atoms with E-state index in [-0.39, 0.29) is 5.91 Å². The third-order valence-electron chi connectivity index (χ3n) is 3.38. The van der Waals surface area contributed by atoms with Crippen molar-refractivity contribution < 1.29 is 4.79 Å². The standard InChI is InChI=1S/C17H24N6OS/c1-4-13-10-20-16(25-13)11-21-17(18-3)19-9-8-15(24)23-14-7-5-6-12(2)22-14/h5-7,10H,4,8-9,11H2,1-3H3,(H2,18,19,21)(H,22,23,24). The first-order chi connectivity index (χ1) is 12.1. The van der Waals surface area contributed by atoms with Crippen LogP contribution in [0.2, 0.25) is 0 Å². The smallest absolute Gasteiger partial charge is 0.227 e. The maximum atomic E-state index is 11.9. The number of carbonyl (C=O) groups excluding carboxylic acids is 1. The summed E-state index contributed by atoms with van der Waals surface area (Å²) in [6.45, 7) is 5.10. The van der Waals surface area contributed by atoms with Gasteiger partial charge in [-0.15, -0.1) is 11.3 Å². The maximum absolute atomic E-state index is 11.9. The lowest BCUT2D eigenvalue weighted by molar-refractivity contribution is -0.116. The lowest BCUT2D eigenvalue weighted by Gasteiger charge is -2.11. The molecule has 0 saturated heterocycles. The molecule has 0 fully saturated rings. The van der Waals surface area contributed by atoms with Crippen molar-refractivity contribution in [2.45, 2.75) is 33.2 Å². The number of hydrogen-bond donors (Lipinski definition) is 3. The Balaban J connectivity index is 1.70. The van der Waals surface area contributed by atoms with Crippen LogP contribution >= 0.6 is 11.3 Å². The summed E-state index contributed by atoms with van der Waals surface area (Å²) in [4.78, 5) is 26.0. The molecule has 25 heavy (non-hydrogen) atoms. The van der Waals surface area contributed by atoms with Crippen LogP contribution in [0, 0.1) is 6.92 Å². The van der Waals surface area contributed by atoms with Gasteiger partial charge >= 0.3 is 0 Å². The average molecular weight is 360 g/mol. The van der Waals surface area contributed by atoms with Gasteiger partial charge in [0.25, 0.3) is 0 Å². The van der Waals surface area contributed by atoms with Gasteiger partial charge in [-0.05, 0) is 25.5 Å². The lowest BCUT2D eigenvalue weighted by Crippen LogP contribution is -2.38. The van der Waals surface area contributed by atoms with Gasteiger partial charge in [-0.1, -0.05) is 13.0 Å². The van der Waals surface area contributed by atoms with Gasteiger partial charge in [-0.3, -0.25) is 9.79 Å². The number of amides is 1. The van der Waals surface area contributed by atoms with Gasteiger partial charge in [0, 0.05) is 36.8 Å². The normalized spacial score (nSPS) is 11.2. The molecular formula is C17H24N6OS. The SMILES string of the molecule is CCc1cnc(CNC(=NC)NCCC(=O)Nc2cccc(C)n2)s1. The molecule has 2 heterocycles. The summed E-state index contributed by atoms with van der Waals surface area (Å²) < 4.78 is 0. The first-order valence-electron chi connectivity index (χ1n) is 8.22. The molecule has 0 spiro atoms. The zero-order chi connectivity index (χ0) is 18.1. The molecule has 134 valence electrons. The molecule has 3 N–H and O–H groups in total. The molecule has 0 aromatic carbocycles. The number of aromatic nitrogens is 2. The number of hydrogen-bond acceptors (Lipinski definition) is 5. The third kappa shape index (κ3) is 6.50. The van der Waals surface area contributed by atoms with E-state index in [2.05, 4.69) is 37.8 Å². The van der Waals surface area contributed by atoms with E-state index < -0.39 is 0 Å². The topological polar surface area (TPSA) is 91.3 Å². The van der Waals surface area contributed by atoms with Crippen molar-refractivity contribution in [2.75, 3.05) is 18.9 Å². The van der Waals surface area contributed by atoms with Crippen molar-refractivity contribution in [3.63, 3.8) is 0 Å². The second kappa shape index (κ2) is 9.73. The van der Waals surface area contributed by atoms with Gasteiger partial charge in [-0.2, -0.15) is 0 Å². The highest BCUT2D eigenvalue weighted by molar-refractivity contribution is 7.11. The van der Waals surface area contributed by atoms with E-state index in [0.29, 0.717) is 31.3 Å². The fraction of sp³-hybridized carbons (Fsp3) is 0.412. The summed E-state index contributed by atoms with van der Waals surface area (Å²) in [5, 5.41) is 10.1. The van der Waals surface area contributed by atoms with Crippen molar-refractivity contribution in [2.24, 2.45) is 4.99 Å². The third-order valence-corrected chi connectivity index (χ3v) is 4.52. The number of guanidine groups is 1. The summed E-state index contributed by atoms with van der Waals surface area (Å²) >= 11 is 1.69. The van der Waals surface area contributed by atoms with E-state index in [1.807, 2.05) is 25.3 Å². The summed E-state index contributed by atoms with van der Waals surface area (Å²) in [7, 11) is 1.70. The van der Waals surface area contributed by atoms with Crippen LogP contribution in [-0.4, -0.2) is 35.4 Å². The van der Waals surface area contributed by atoms with Crippen LogP contribution in [-0.2, 0) is 17.8 Å². The first kappa shape index (κ1) is 18.9. The number of thiazole rings is 1. The predicted octanol–water partition coefficient (Wildman–Crippen LogP) is 2.10. The Morgan fingerprint density at radius 3 is 2.84 bits per heavy atom. The van der Waals surface area contributed by atoms with Gasteiger partial charge in [0.2, 0.25) is 5.91 Å². The fourth-order valence-electron chi connectivity index (χ4n) is 2.09. The number of aryl methyl sites for hydroxylation is 2. The number of aliphatic imine (C=N–C) groups is 1. The first-order valence-corrected chi connectivity index (χ1v) is 9.04. The van der Waals surface area contributed by atoms with E-state index >= 15 is 0 Å². The molecular weight excluding hydrogens is 336 g/mol. The molecule has 8 heteroatoms. The summed E-state index contributed by atoms with van der Waals surface area (Å²) in [6, 6.07) is 5.53. The maximum Gasteiger partial charge on any atom is 0.227 e. The van der Waals surface area contributed by atoms with Crippen LogP contribution in [0.1, 0.15) is 28.9 Å². The van der Waals surface area contributed by atoms with E-state index in [1.165, 1.54) is 4.88 Å². The Hall–Kier alpha value is -2.48. The molecule has 0 saturated carbocycles. The quantitative estimate of drug-likeness (QED) is 0.520. The lowest BCUT2D eigenvalue weighted by atomic mass is 10.3. The van der Waals surface area contributed by atoms with E-state index in [4.69, 9.17) is 0 Å². The number of carbonyl (C=O) groups is 1. The molecule has 0 bridgehead atoms. The van der Waals surface area contributed by atoms with Crippen LogP contribution in [0.4, 0.5) is 5.82 Å². The summed E-state index contributed by atoms with van der Waals surface area (Å²) in [5.41, 5.74) is 0.869. The van der Waals surface area contributed by atoms with Crippen molar-refractivity contribution in [3.05, 3.63) is 40.0 Å². The molecule has 1 amide bonds. The predicted molar refractivity (Wildman–Crippen MR) is 102 cm³/mol.